The Morgan fingerprint density at radius 3 is 2.89 bits per heavy atom. The molecule has 2 aromatic rings. The normalized spacial score (nSPS) is 10.3. The van der Waals surface area contributed by atoms with Gasteiger partial charge in [0.25, 0.3) is 0 Å². The van der Waals surface area contributed by atoms with Gasteiger partial charge in [-0.05, 0) is 18.2 Å². The van der Waals surface area contributed by atoms with Crippen LogP contribution in [0.3, 0.4) is 0 Å². The zero-order valence-corrected chi connectivity index (χ0v) is 10.6. The highest BCUT2D eigenvalue weighted by molar-refractivity contribution is 6.30. The lowest BCUT2D eigenvalue weighted by Gasteiger charge is -2.06. The first-order valence-corrected chi connectivity index (χ1v) is 5.57. The quantitative estimate of drug-likeness (QED) is 0.855. The maximum Gasteiger partial charge on any atom is 0.360 e. The van der Waals surface area contributed by atoms with Crippen molar-refractivity contribution >= 4 is 23.4 Å². The number of hydrogen-bond donors (Lipinski definition) is 1. The molecular formula is C12H9ClFN3O2. The van der Waals surface area contributed by atoms with Gasteiger partial charge in [0.2, 0.25) is 0 Å². The predicted octanol–water partition coefficient (Wildman–Crippen LogP) is 2.30. The van der Waals surface area contributed by atoms with Crippen molar-refractivity contribution in [1.82, 2.24) is 9.97 Å². The number of carbonyl (C=O) groups excluding carboxylic acids is 1. The molecule has 0 saturated heterocycles. The third kappa shape index (κ3) is 2.63. The number of hydrogen-bond acceptors (Lipinski definition) is 5. The third-order valence-electron chi connectivity index (χ3n) is 2.38. The molecule has 1 aromatic carbocycles. The largest absolute Gasteiger partial charge is 0.464 e. The fraction of sp³-hybridized carbons (Fsp3) is 0.0833. The smallest absolute Gasteiger partial charge is 0.360 e. The lowest BCUT2D eigenvalue weighted by Crippen LogP contribution is -2.10. The summed E-state index contributed by atoms with van der Waals surface area (Å²) in [5, 5.41) is 0.342. The number of halogens is 2. The summed E-state index contributed by atoms with van der Waals surface area (Å²) in [4.78, 5) is 19.2. The second-order valence-corrected chi connectivity index (χ2v) is 4.04. The number of nitrogen functional groups attached to an aromatic ring is 1. The monoisotopic (exact) mass is 281 g/mol. The number of benzene rings is 1. The van der Waals surface area contributed by atoms with Gasteiger partial charge in [0, 0.05) is 10.6 Å². The van der Waals surface area contributed by atoms with E-state index in [1.54, 1.807) is 0 Å². The summed E-state index contributed by atoms with van der Waals surface area (Å²) in [6.07, 6.45) is 1.26. The van der Waals surface area contributed by atoms with Gasteiger partial charge in [-0.2, -0.15) is 0 Å². The number of carbonyl (C=O) groups is 1. The topological polar surface area (TPSA) is 78.1 Å². The molecule has 0 bridgehead atoms. The van der Waals surface area contributed by atoms with Crippen LogP contribution in [0.2, 0.25) is 5.02 Å². The second-order valence-electron chi connectivity index (χ2n) is 3.60. The van der Waals surface area contributed by atoms with Gasteiger partial charge in [-0.15, -0.1) is 0 Å². The Morgan fingerprint density at radius 1 is 1.47 bits per heavy atom. The van der Waals surface area contributed by atoms with E-state index in [9.17, 15) is 9.18 Å². The Bertz CT molecular complexity index is 649. The molecule has 2 N–H and O–H groups in total. The van der Waals surface area contributed by atoms with E-state index in [4.69, 9.17) is 17.3 Å². The van der Waals surface area contributed by atoms with Crippen molar-refractivity contribution in [3.05, 3.63) is 40.9 Å². The molecule has 5 nitrogen and oxygen atoms in total. The fourth-order valence-corrected chi connectivity index (χ4v) is 1.64. The Morgan fingerprint density at radius 2 is 2.21 bits per heavy atom. The zero-order valence-electron chi connectivity index (χ0n) is 9.85. The molecule has 1 heterocycles. The van der Waals surface area contributed by atoms with Crippen molar-refractivity contribution in [3.63, 3.8) is 0 Å². The van der Waals surface area contributed by atoms with Crippen LogP contribution in [-0.4, -0.2) is 23.0 Å². The van der Waals surface area contributed by atoms with Crippen LogP contribution in [0.1, 0.15) is 10.5 Å². The van der Waals surface area contributed by atoms with Crippen molar-refractivity contribution in [1.29, 1.82) is 0 Å². The number of anilines is 1. The Labute approximate surface area is 113 Å². The van der Waals surface area contributed by atoms with Gasteiger partial charge in [-0.3, -0.25) is 0 Å². The van der Waals surface area contributed by atoms with E-state index in [-0.39, 0.29) is 22.8 Å². The summed E-state index contributed by atoms with van der Waals surface area (Å²) in [6.45, 7) is 0. The lowest BCUT2D eigenvalue weighted by atomic mass is 10.1. The summed E-state index contributed by atoms with van der Waals surface area (Å²) in [5.74, 6) is -1.35. The maximum absolute atomic E-state index is 13.7. The molecule has 0 aliphatic rings. The number of nitrogens with two attached hydrogens (primary N) is 1. The molecule has 98 valence electrons. The van der Waals surface area contributed by atoms with Crippen LogP contribution >= 0.6 is 11.6 Å². The number of aromatic nitrogens is 2. The minimum Gasteiger partial charge on any atom is -0.464 e. The van der Waals surface area contributed by atoms with E-state index < -0.39 is 11.8 Å². The summed E-state index contributed by atoms with van der Waals surface area (Å²) >= 11 is 5.80. The summed E-state index contributed by atoms with van der Waals surface area (Å²) in [7, 11) is 1.19. The molecule has 0 unspecified atom stereocenters. The number of rotatable bonds is 2. The van der Waals surface area contributed by atoms with Crippen LogP contribution in [0.5, 0.6) is 0 Å². The number of methoxy groups -OCH3 is 1. The molecule has 0 radical (unpaired) electrons. The van der Waals surface area contributed by atoms with Gasteiger partial charge in [0.1, 0.15) is 5.82 Å². The maximum atomic E-state index is 13.7. The van der Waals surface area contributed by atoms with Crippen molar-refractivity contribution in [3.8, 4) is 11.3 Å². The Hall–Kier alpha value is -2.21. The molecule has 1 aromatic heterocycles. The van der Waals surface area contributed by atoms with Crippen LogP contribution < -0.4 is 5.73 Å². The minimum absolute atomic E-state index is 0.0852. The van der Waals surface area contributed by atoms with E-state index in [0.717, 1.165) is 0 Å². The van der Waals surface area contributed by atoms with E-state index in [2.05, 4.69) is 14.7 Å². The molecule has 0 aliphatic heterocycles. The first kappa shape index (κ1) is 13.2. The van der Waals surface area contributed by atoms with Crippen molar-refractivity contribution in [2.45, 2.75) is 0 Å². The second kappa shape index (κ2) is 5.19. The highest BCUT2D eigenvalue weighted by Gasteiger charge is 2.16. The standard InChI is InChI=1S/C12H9ClFN3O2/c1-19-12(18)10-11(15)16-5-9(17-10)7-4-6(13)2-3-8(7)14/h2-5H,1H3,(H2,15,16). The molecule has 0 aliphatic carbocycles. The Kier molecular flexibility index (Phi) is 3.62. The molecule has 0 amide bonds. The average Bonchev–Trinajstić information content (AvgIpc) is 2.41. The molecule has 0 fully saturated rings. The van der Waals surface area contributed by atoms with E-state index in [1.807, 2.05) is 0 Å². The van der Waals surface area contributed by atoms with E-state index >= 15 is 0 Å². The van der Waals surface area contributed by atoms with Crippen LogP contribution in [0.4, 0.5) is 10.2 Å². The number of nitrogens with zero attached hydrogens (tertiary/aromatic N) is 2. The molecule has 2 rings (SSSR count). The molecule has 0 atom stereocenters. The minimum atomic E-state index is -0.741. The van der Waals surface area contributed by atoms with Crippen LogP contribution in [0, 0.1) is 5.82 Å². The summed E-state index contributed by atoms with van der Waals surface area (Å²) in [6, 6.07) is 4.00. The first-order valence-electron chi connectivity index (χ1n) is 5.19. The highest BCUT2D eigenvalue weighted by Crippen LogP contribution is 2.25. The molecule has 7 heteroatoms. The summed E-state index contributed by atoms with van der Waals surface area (Å²) < 4.78 is 18.2. The van der Waals surface area contributed by atoms with Crippen LogP contribution in [0.15, 0.2) is 24.4 Å². The first-order chi connectivity index (χ1) is 9.02. The van der Waals surface area contributed by atoms with Crippen molar-refractivity contribution < 1.29 is 13.9 Å². The van der Waals surface area contributed by atoms with Gasteiger partial charge in [-0.1, -0.05) is 11.6 Å². The van der Waals surface area contributed by atoms with E-state index in [0.29, 0.717) is 5.02 Å². The van der Waals surface area contributed by atoms with Crippen molar-refractivity contribution in [2.24, 2.45) is 0 Å². The van der Waals surface area contributed by atoms with Crippen LogP contribution in [0.25, 0.3) is 11.3 Å². The van der Waals surface area contributed by atoms with Crippen LogP contribution in [-0.2, 0) is 4.74 Å². The molecular weight excluding hydrogens is 273 g/mol. The molecule has 0 saturated carbocycles. The highest BCUT2D eigenvalue weighted by atomic mass is 35.5. The predicted molar refractivity (Wildman–Crippen MR) is 68.2 cm³/mol. The van der Waals surface area contributed by atoms with Crippen molar-refractivity contribution in [2.75, 3.05) is 12.8 Å². The third-order valence-corrected chi connectivity index (χ3v) is 2.62. The molecule has 0 spiro atoms. The van der Waals surface area contributed by atoms with Gasteiger partial charge < -0.3 is 10.5 Å². The van der Waals surface area contributed by atoms with Gasteiger partial charge in [0.15, 0.2) is 11.5 Å². The average molecular weight is 282 g/mol. The summed E-state index contributed by atoms with van der Waals surface area (Å²) in [5.41, 5.74) is 5.63. The van der Waals surface area contributed by atoms with Gasteiger partial charge in [-0.25, -0.2) is 19.2 Å². The SMILES string of the molecule is COC(=O)c1nc(-c2cc(Cl)ccc2F)cnc1N. The molecule has 19 heavy (non-hydrogen) atoms. The lowest BCUT2D eigenvalue weighted by molar-refractivity contribution is 0.0595. The van der Waals surface area contributed by atoms with E-state index in [1.165, 1.54) is 31.5 Å². The number of ether oxygens (including phenoxy) is 1. The fourth-order valence-electron chi connectivity index (χ4n) is 1.47. The van der Waals surface area contributed by atoms with Gasteiger partial charge >= 0.3 is 5.97 Å². The number of esters is 1. The van der Waals surface area contributed by atoms with Gasteiger partial charge in [0.05, 0.1) is 19.0 Å². The zero-order chi connectivity index (χ0) is 14.0. The Balaban J connectivity index is 2.57.